The molecule has 2 aliphatic heterocycles. The minimum atomic E-state index is -0.126. The Morgan fingerprint density at radius 3 is 2.49 bits per heavy atom. The Kier molecular flexibility index (Phi) is 11.9. The number of nitrogens with two attached hydrogens (primary N) is 1. The number of rotatable bonds is 4. The molecule has 2 aromatic heterocycles. The number of carbonyl (C=O) groups is 3. The number of piperidine rings is 1. The summed E-state index contributed by atoms with van der Waals surface area (Å²) >= 11 is 6.21. The van der Waals surface area contributed by atoms with Gasteiger partial charge in [0.1, 0.15) is 19.4 Å². The van der Waals surface area contributed by atoms with Crippen LogP contribution < -0.4 is 16.0 Å². The van der Waals surface area contributed by atoms with Crippen LogP contribution in [0.4, 0.5) is 11.5 Å². The molecule has 210 valence electrons. The number of amides is 1. The van der Waals surface area contributed by atoms with E-state index in [-0.39, 0.29) is 11.9 Å². The second-order valence-electron chi connectivity index (χ2n) is 8.46. The summed E-state index contributed by atoms with van der Waals surface area (Å²) in [5.74, 6) is 1.23. The number of nitrogens with zero attached hydrogens (tertiary/aromatic N) is 6. The minimum Gasteiger partial charge on any atom is -0.387 e. The summed E-state index contributed by atoms with van der Waals surface area (Å²) in [6, 6.07) is 7.19. The van der Waals surface area contributed by atoms with E-state index in [9.17, 15) is 4.79 Å². The number of carbonyl (C=O) groups excluding carboxylic acids is 3. The Labute approximate surface area is 234 Å². The van der Waals surface area contributed by atoms with E-state index in [1.54, 1.807) is 23.7 Å². The van der Waals surface area contributed by atoms with E-state index in [1.165, 1.54) is 0 Å². The molecule has 12 heteroatoms. The molecule has 5 rings (SSSR count). The zero-order valence-corrected chi connectivity index (χ0v) is 23.7. The Morgan fingerprint density at radius 2 is 1.85 bits per heavy atom. The van der Waals surface area contributed by atoms with Crippen molar-refractivity contribution in [3.05, 3.63) is 52.3 Å². The van der Waals surface area contributed by atoms with Crippen LogP contribution in [0.1, 0.15) is 60.8 Å². The van der Waals surface area contributed by atoms with Crippen molar-refractivity contribution in [1.82, 2.24) is 19.5 Å². The number of aryl methyl sites for hydroxylation is 1. The third kappa shape index (κ3) is 6.72. The standard InChI is InChI=1S/C23H27ClN8O.C2H6.2CH2O/c1-14-13-32-20(28-21(14)31-10-8-27-23(31)25)12-18(29-32)19-5-3-4-9-30(19)22(33)16-11-15(24)6-7-17(16)26-2;3*1-2/h6-7,11-13,19,26H,3-5,8-10H2,1-2H3,(H2,25,27);1-2H3;2*1H2/t19-;;;/m0.../s1. The number of guanidine groups is 1. The third-order valence-corrected chi connectivity index (χ3v) is 6.58. The van der Waals surface area contributed by atoms with Crippen molar-refractivity contribution < 1.29 is 14.4 Å². The molecular weight excluding hydrogens is 520 g/mol. The normalized spacial score (nSPS) is 16.1. The number of likely N-dealkylation sites (tertiary alicyclic amines) is 1. The van der Waals surface area contributed by atoms with E-state index >= 15 is 0 Å². The fourth-order valence-electron chi connectivity index (χ4n) is 4.68. The summed E-state index contributed by atoms with van der Waals surface area (Å²) in [7, 11) is 1.80. The van der Waals surface area contributed by atoms with E-state index in [0.29, 0.717) is 29.6 Å². The molecule has 1 saturated heterocycles. The monoisotopic (exact) mass is 556 g/mol. The summed E-state index contributed by atoms with van der Waals surface area (Å²) in [6.07, 6.45) is 4.80. The Morgan fingerprint density at radius 1 is 1.13 bits per heavy atom. The summed E-state index contributed by atoms with van der Waals surface area (Å²) in [5.41, 5.74) is 9.90. The second-order valence-corrected chi connectivity index (χ2v) is 8.90. The van der Waals surface area contributed by atoms with Gasteiger partial charge < -0.3 is 25.5 Å². The van der Waals surface area contributed by atoms with Crippen LogP contribution in [0.5, 0.6) is 0 Å². The molecular formula is C27H37ClN8O3. The first-order valence-corrected chi connectivity index (χ1v) is 13.1. The average molecular weight is 557 g/mol. The maximum absolute atomic E-state index is 13.6. The van der Waals surface area contributed by atoms with Gasteiger partial charge in [-0.15, -0.1) is 0 Å². The summed E-state index contributed by atoms with van der Waals surface area (Å²) < 4.78 is 1.78. The molecule has 4 heterocycles. The molecule has 0 saturated carbocycles. The van der Waals surface area contributed by atoms with E-state index in [2.05, 4.69) is 10.3 Å². The van der Waals surface area contributed by atoms with Gasteiger partial charge in [0.2, 0.25) is 0 Å². The molecule has 3 aromatic rings. The fourth-order valence-corrected chi connectivity index (χ4v) is 4.85. The van der Waals surface area contributed by atoms with Crippen molar-refractivity contribution in [2.24, 2.45) is 10.7 Å². The van der Waals surface area contributed by atoms with Crippen LogP contribution in [0.2, 0.25) is 5.02 Å². The van der Waals surface area contributed by atoms with Gasteiger partial charge in [-0.1, -0.05) is 25.4 Å². The molecule has 0 bridgehead atoms. The van der Waals surface area contributed by atoms with Gasteiger partial charge in [0, 0.05) is 48.7 Å². The lowest BCUT2D eigenvalue weighted by molar-refractivity contribution is -0.0987. The Hall–Kier alpha value is -3.99. The van der Waals surface area contributed by atoms with Gasteiger partial charge in [0.25, 0.3) is 5.91 Å². The van der Waals surface area contributed by atoms with Gasteiger partial charge in [-0.25, -0.2) is 9.50 Å². The van der Waals surface area contributed by atoms with Crippen LogP contribution in [-0.4, -0.2) is 71.6 Å². The Balaban J connectivity index is 0.000000833. The summed E-state index contributed by atoms with van der Waals surface area (Å²) in [4.78, 5) is 42.5. The van der Waals surface area contributed by atoms with Gasteiger partial charge in [-0.05, 0) is 44.4 Å². The van der Waals surface area contributed by atoms with Gasteiger partial charge in [-0.2, -0.15) is 5.10 Å². The van der Waals surface area contributed by atoms with E-state index in [0.717, 1.165) is 54.2 Å². The predicted molar refractivity (Wildman–Crippen MR) is 156 cm³/mol. The fraction of sp³-hybridized carbons (Fsp3) is 0.407. The first kappa shape index (κ1) is 31.2. The van der Waals surface area contributed by atoms with E-state index < -0.39 is 0 Å². The summed E-state index contributed by atoms with van der Waals surface area (Å²) in [6.45, 7) is 12.0. The highest BCUT2D eigenvalue weighted by Gasteiger charge is 2.32. The largest absolute Gasteiger partial charge is 0.387 e. The van der Waals surface area contributed by atoms with Crippen molar-refractivity contribution in [2.45, 2.75) is 46.1 Å². The molecule has 1 aromatic carbocycles. The lowest BCUT2D eigenvalue weighted by Gasteiger charge is -2.35. The van der Waals surface area contributed by atoms with Gasteiger partial charge >= 0.3 is 0 Å². The molecule has 2 aliphatic rings. The lowest BCUT2D eigenvalue weighted by Crippen LogP contribution is -2.39. The van der Waals surface area contributed by atoms with Crippen LogP contribution in [0.3, 0.4) is 0 Å². The Bertz CT molecular complexity index is 1290. The second kappa shape index (κ2) is 14.8. The van der Waals surface area contributed by atoms with E-state index in [1.807, 2.05) is 62.5 Å². The average Bonchev–Trinajstić information content (AvgIpc) is 3.60. The summed E-state index contributed by atoms with van der Waals surface area (Å²) in [5, 5.41) is 8.45. The highest BCUT2D eigenvalue weighted by molar-refractivity contribution is 6.31. The molecule has 39 heavy (non-hydrogen) atoms. The van der Waals surface area contributed by atoms with Crippen LogP contribution in [0.25, 0.3) is 5.65 Å². The number of anilines is 2. The molecule has 0 aliphatic carbocycles. The number of aliphatic imine (C=N–C) groups is 1. The van der Waals surface area contributed by atoms with Crippen molar-refractivity contribution in [2.75, 3.05) is 36.9 Å². The molecule has 3 N–H and O–H groups in total. The first-order chi connectivity index (χ1) is 19.0. The number of halogens is 1. The van der Waals surface area contributed by atoms with Crippen LogP contribution in [0.15, 0.2) is 35.5 Å². The van der Waals surface area contributed by atoms with Crippen molar-refractivity contribution in [3.8, 4) is 0 Å². The zero-order chi connectivity index (χ0) is 29.1. The third-order valence-electron chi connectivity index (χ3n) is 6.34. The van der Waals surface area contributed by atoms with Crippen LogP contribution >= 0.6 is 11.6 Å². The lowest BCUT2D eigenvalue weighted by atomic mass is 9.98. The number of aromatic nitrogens is 3. The highest BCUT2D eigenvalue weighted by atomic mass is 35.5. The topological polar surface area (TPSA) is 138 Å². The van der Waals surface area contributed by atoms with Crippen LogP contribution in [0, 0.1) is 6.92 Å². The molecule has 1 amide bonds. The van der Waals surface area contributed by atoms with Crippen molar-refractivity contribution in [1.29, 1.82) is 0 Å². The molecule has 1 atom stereocenters. The predicted octanol–water partition coefficient (Wildman–Crippen LogP) is 3.89. The smallest absolute Gasteiger partial charge is 0.256 e. The first-order valence-electron chi connectivity index (χ1n) is 12.8. The van der Waals surface area contributed by atoms with Crippen molar-refractivity contribution >= 4 is 54.2 Å². The number of benzene rings is 1. The minimum absolute atomic E-state index is 0.0468. The maximum atomic E-state index is 13.6. The molecule has 0 radical (unpaired) electrons. The quantitative estimate of drug-likeness (QED) is 0.493. The highest BCUT2D eigenvalue weighted by Crippen LogP contribution is 2.34. The van der Waals surface area contributed by atoms with Crippen LogP contribution in [-0.2, 0) is 9.59 Å². The van der Waals surface area contributed by atoms with Crippen molar-refractivity contribution in [3.63, 3.8) is 0 Å². The zero-order valence-electron chi connectivity index (χ0n) is 23.0. The number of fused-ring (bicyclic) bond motifs is 1. The van der Waals surface area contributed by atoms with Gasteiger partial charge in [0.15, 0.2) is 11.6 Å². The van der Waals surface area contributed by atoms with Gasteiger partial charge in [-0.3, -0.25) is 14.7 Å². The van der Waals surface area contributed by atoms with Gasteiger partial charge in [0.05, 0.1) is 23.8 Å². The number of nitrogens with one attached hydrogen (secondary N) is 1. The van der Waals surface area contributed by atoms with E-state index in [4.69, 9.17) is 37.0 Å². The molecule has 0 unspecified atom stereocenters. The molecule has 1 fully saturated rings. The molecule has 11 nitrogen and oxygen atoms in total. The SMILES string of the molecule is C=O.C=O.CC.CNc1ccc(Cl)cc1C(=O)N1CCCC[C@H]1c1cc2nc(N3CCN=C3N)c(C)cn2n1. The number of hydrogen-bond donors (Lipinski definition) is 2. The number of hydrogen-bond acceptors (Lipinski definition) is 9. The maximum Gasteiger partial charge on any atom is 0.256 e. The molecule has 0 spiro atoms.